The second kappa shape index (κ2) is 5.11. The van der Waals surface area contributed by atoms with Gasteiger partial charge in [0.15, 0.2) is 0 Å². The number of rotatable bonds is 2. The van der Waals surface area contributed by atoms with Gasteiger partial charge in [-0.05, 0) is 32.4 Å². The molecule has 1 aliphatic heterocycles. The second-order valence-electron chi connectivity index (χ2n) is 4.26. The van der Waals surface area contributed by atoms with Crippen LogP contribution in [0.15, 0.2) is 0 Å². The van der Waals surface area contributed by atoms with Gasteiger partial charge in [0, 0.05) is 20.1 Å². The molecule has 1 amide bonds. The number of piperidine rings is 1. The monoisotopic (exact) mass is 214 g/mol. The molecule has 5 heteroatoms. The number of carbonyl (C=O) groups is 2. The van der Waals surface area contributed by atoms with E-state index in [9.17, 15) is 9.59 Å². The van der Waals surface area contributed by atoms with Gasteiger partial charge in [-0.25, -0.2) is 4.79 Å². The molecule has 0 radical (unpaired) electrons. The van der Waals surface area contributed by atoms with Crippen LogP contribution in [0.3, 0.4) is 0 Å². The molecule has 0 saturated carbocycles. The fourth-order valence-electron chi connectivity index (χ4n) is 2.06. The van der Waals surface area contributed by atoms with Crippen LogP contribution in [0.4, 0.5) is 0 Å². The first-order valence-corrected chi connectivity index (χ1v) is 5.17. The van der Waals surface area contributed by atoms with Gasteiger partial charge in [0.2, 0.25) is 0 Å². The number of aliphatic carboxylic acids is 1. The van der Waals surface area contributed by atoms with Crippen LogP contribution < -0.4 is 0 Å². The standard InChI is InChI=1S/C10H18N2O3/c1-11-5-3-4-8(6-11)7-12(2)9(13)10(14)15/h8H,3-7H2,1-2H3,(H,14,15). The summed E-state index contributed by atoms with van der Waals surface area (Å²) in [5.74, 6) is -1.79. The Kier molecular flexibility index (Phi) is 4.08. The van der Waals surface area contributed by atoms with Crippen molar-refractivity contribution in [2.45, 2.75) is 12.8 Å². The number of carboxylic acids is 1. The maximum absolute atomic E-state index is 11.1. The average molecular weight is 214 g/mol. The Balaban J connectivity index is 2.40. The molecule has 1 unspecified atom stereocenters. The van der Waals surface area contributed by atoms with E-state index in [-0.39, 0.29) is 0 Å². The highest BCUT2D eigenvalue weighted by Crippen LogP contribution is 2.15. The molecule has 1 fully saturated rings. The molecule has 1 rings (SSSR count). The van der Waals surface area contributed by atoms with Crippen LogP contribution in [0, 0.1) is 5.92 Å². The van der Waals surface area contributed by atoms with E-state index in [1.807, 2.05) is 7.05 Å². The van der Waals surface area contributed by atoms with Crippen LogP contribution in [-0.2, 0) is 9.59 Å². The lowest BCUT2D eigenvalue weighted by molar-refractivity contribution is -0.155. The average Bonchev–Trinajstić information content (AvgIpc) is 2.16. The minimum atomic E-state index is -1.37. The summed E-state index contributed by atoms with van der Waals surface area (Å²) in [7, 11) is 3.59. The molecular formula is C10H18N2O3. The molecule has 0 aliphatic carbocycles. The Bertz CT molecular complexity index is 255. The summed E-state index contributed by atoms with van der Waals surface area (Å²) in [6, 6.07) is 0. The fraction of sp³-hybridized carbons (Fsp3) is 0.800. The van der Waals surface area contributed by atoms with Crippen molar-refractivity contribution in [3.05, 3.63) is 0 Å². The first-order valence-electron chi connectivity index (χ1n) is 5.17. The Morgan fingerprint density at radius 1 is 1.53 bits per heavy atom. The summed E-state index contributed by atoms with van der Waals surface area (Å²) < 4.78 is 0. The molecule has 0 aromatic rings. The molecular weight excluding hydrogens is 196 g/mol. The minimum absolute atomic E-state index is 0.400. The number of likely N-dealkylation sites (tertiary alicyclic amines) is 1. The Hall–Kier alpha value is -1.10. The summed E-state index contributed by atoms with van der Waals surface area (Å²) in [4.78, 5) is 25.1. The minimum Gasteiger partial charge on any atom is -0.474 e. The molecule has 1 aliphatic rings. The lowest BCUT2D eigenvalue weighted by Gasteiger charge is -2.31. The molecule has 0 aromatic heterocycles. The first-order chi connectivity index (χ1) is 7.00. The van der Waals surface area contributed by atoms with Crippen molar-refractivity contribution >= 4 is 11.9 Å². The number of carbonyl (C=O) groups excluding carboxylic acids is 1. The van der Waals surface area contributed by atoms with E-state index in [0.717, 1.165) is 25.9 Å². The highest BCUT2D eigenvalue weighted by atomic mass is 16.4. The van der Waals surface area contributed by atoms with E-state index in [1.165, 1.54) is 4.90 Å². The third-order valence-electron chi connectivity index (χ3n) is 2.78. The van der Waals surface area contributed by atoms with Gasteiger partial charge in [0.1, 0.15) is 0 Å². The maximum Gasteiger partial charge on any atom is 0.394 e. The summed E-state index contributed by atoms with van der Waals surface area (Å²) in [6.07, 6.45) is 2.19. The van der Waals surface area contributed by atoms with Gasteiger partial charge in [0.05, 0.1) is 0 Å². The number of amides is 1. The summed E-state index contributed by atoms with van der Waals surface area (Å²) in [5.41, 5.74) is 0. The molecule has 0 bridgehead atoms. The van der Waals surface area contributed by atoms with Gasteiger partial charge in [-0.1, -0.05) is 0 Å². The van der Waals surface area contributed by atoms with Crippen molar-refractivity contribution < 1.29 is 14.7 Å². The fourth-order valence-corrected chi connectivity index (χ4v) is 2.06. The summed E-state index contributed by atoms with van der Waals surface area (Å²) in [6.45, 7) is 2.57. The topological polar surface area (TPSA) is 60.9 Å². The molecule has 1 heterocycles. The quantitative estimate of drug-likeness (QED) is 0.651. The van der Waals surface area contributed by atoms with Crippen molar-refractivity contribution in [3.8, 4) is 0 Å². The van der Waals surface area contributed by atoms with Crippen LogP contribution in [0.1, 0.15) is 12.8 Å². The Labute approximate surface area is 89.7 Å². The largest absolute Gasteiger partial charge is 0.474 e. The second-order valence-corrected chi connectivity index (χ2v) is 4.26. The van der Waals surface area contributed by atoms with Crippen LogP contribution in [-0.4, -0.2) is 60.5 Å². The van der Waals surface area contributed by atoms with Crippen LogP contribution in [0.25, 0.3) is 0 Å². The smallest absolute Gasteiger partial charge is 0.394 e. The number of carboxylic acid groups (broad SMARTS) is 1. The van der Waals surface area contributed by atoms with E-state index >= 15 is 0 Å². The Morgan fingerprint density at radius 3 is 2.73 bits per heavy atom. The van der Waals surface area contributed by atoms with Gasteiger partial charge in [-0.3, -0.25) is 4.79 Å². The highest BCUT2D eigenvalue weighted by molar-refractivity contribution is 6.31. The molecule has 1 atom stereocenters. The number of hydrogen-bond donors (Lipinski definition) is 1. The third kappa shape index (κ3) is 3.51. The summed E-state index contributed by atoms with van der Waals surface area (Å²) >= 11 is 0. The van der Waals surface area contributed by atoms with E-state index in [0.29, 0.717) is 12.5 Å². The highest BCUT2D eigenvalue weighted by Gasteiger charge is 2.23. The van der Waals surface area contributed by atoms with Crippen molar-refractivity contribution in [1.82, 2.24) is 9.80 Å². The lowest BCUT2D eigenvalue weighted by atomic mass is 9.98. The van der Waals surface area contributed by atoms with Crippen LogP contribution >= 0.6 is 0 Å². The Morgan fingerprint density at radius 2 is 2.20 bits per heavy atom. The molecule has 15 heavy (non-hydrogen) atoms. The van der Waals surface area contributed by atoms with Gasteiger partial charge in [-0.15, -0.1) is 0 Å². The zero-order chi connectivity index (χ0) is 11.4. The molecule has 1 saturated heterocycles. The molecule has 1 N–H and O–H groups in total. The van der Waals surface area contributed by atoms with E-state index in [1.54, 1.807) is 7.05 Å². The van der Waals surface area contributed by atoms with Gasteiger partial charge >= 0.3 is 11.9 Å². The van der Waals surface area contributed by atoms with Gasteiger partial charge < -0.3 is 14.9 Å². The predicted molar refractivity (Wildman–Crippen MR) is 55.5 cm³/mol. The zero-order valence-corrected chi connectivity index (χ0v) is 9.27. The van der Waals surface area contributed by atoms with E-state index in [2.05, 4.69) is 4.90 Å². The van der Waals surface area contributed by atoms with Crippen molar-refractivity contribution in [2.24, 2.45) is 5.92 Å². The third-order valence-corrected chi connectivity index (χ3v) is 2.78. The number of hydrogen-bond acceptors (Lipinski definition) is 3. The normalized spacial score (nSPS) is 22.4. The maximum atomic E-state index is 11.1. The van der Waals surface area contributed by atoms with Gasteiger partial charge in [-0.2, -0.15) is 0 Å². The van der Waals surface area contributed by atoms with E-state index < -0.39 is 11.9 Å². The van der Waals surface area contributed by atoms with Crippen LogP contribution in [0.5, 0.6) is 0 Å². The van der Waals surface area contributed by atoms with Crippen molar-refractivity contribution in [3.63, 3.8) is 0 Å². The number of likely N-dealkylation sites (N-methyl/N-ethyl adjacent to an activating group) is 1. The van der Waals surface area contributed by atoms with E-state index in [4.69, 9.17) is 5.11 Å². The van der Waals surface area contributed by atoms with Crippen molar-refractivity contribution in [1.29, 1.82) is 0 Å². The zero-order valence-electron chi connectivity index (χ0n) is 9.27. The summed E-state index contributed by atoms with van der Waals surface area (Å²) in [5, 5.41) is 8.53. The SMILES string of the molecule is CN1CCCC(CN(C)C(=O)C(=O)O)C1. The lowest BCUT2D eigenvalue weighted by Crippen LogP contribution is -2.42. The molecule has 0 aromatic carbocycles. The number of nitrogens with zero attached hydrogens (tertiary/aromatic N) is 2. The van der Waals surface area contributed by atoms with Gasteiger partial charge in [0.25, 0.3) is 0 Å². The molecule has 0 spiro atoms. The van der Waals surface area contributed by atoms with Crippen molar-refractivity contribution in [2.75, 3.05) is 33.7 Å². The predicted octanol–water partition coefficient (Wildman–Crippen LogP) is -0.129. The molecule has 5 nitrogen and oxygen atoms in total. The van der Waals surface area contributed by atoms with Crippen LogP contribution in [0.2, 0.25) is 0 Å². The first kappa shape index (κ1) is 12.0. The molecule has 86 valence electrons.